The molecule has 0 aromatic heterocycles. The van der Waals surface area contributed by atoms with E-state index in [4.69, 9.17) is 0 Å². The van der Waals surface area contributed by atoms with Crippen LogP contribution in [0.4, 0.5) is 0 Å². The molecule has 1 atom stereocenters. The van der Waals surface area contributed by atoms with Crippen molar-refractivity contribution in [1.29, 1.82) is 0 Å². The number of rotatable bonds is 5. The Hall–Kier alpha value is -0.230. The Bertz CT molecular complexity index is 269. The quantitative estimate of drug-likeness (QED) is 0.616. The first kappa shape index (κ1) is 14.8. The molecule has 1 rings (SSSR count). The highest BCUT2D eigenvalue weighted by Gasteiger charge is 2.19. The highest BCUT2D eigenvalue weighted by Crippen LogP contribution is 2.24. The zero-order valence-electron chi connectivity index (χ0n) is 9.91. The lowest BCUT2D eigenvalue weighted by molar-refractivity contribution is -0.139. The van der Waals surface area contributed by atoms with Crippen molar-refractivity contribution in [2.75, 3.05) is 25.2 Å². The number of esters is 1. The molecular weight excluding hydrogens is 306 g/mol. The molecule has 6 heteroatoms. The molecule has 1 aliphatic heterocycles. The first-order valence-electron chi connectivity index (χ1n) is 5.69. The SMILES string of the molecule is COC(=O)C(Br)CNC(=O)CC1CCSCC1. The van der Waals surface area contributed by atoms with Gasteiger partial charge in [-0.1, -0.05) is 15.9 Å². The number of hydrogen-bond acceptors (Lipinski definition) is 4. The molecule has 1 aliphatic rings. The number of carbonyl (C=O) groups excluding carboxylic acids is 2. The maximum Gasteiger partial charge on any atom is 0.321 e. The average molecular weight is 324 g/mol. The molecule has 1 heterocycles. The summed E-state index contributed by atoms with van der Waals surface area (Å²) in [4.78, 5) is 22.3. The highest BCUT2D eigenvalue weighted by atomic mass is 79.9. The molecule has 1 amide bonds. The lowest BCUT2D eigenvalue weighted by Crippen LogP contribution is -2.35. The van der Waals surface area contributed by atoms with Crippen LogP contribution in [-0.4, -0.2) is 41.9 Å². The summed E-state index contributed by atoms with van der Waals surface area (Å²) in [6.45, 7) is 0.285. The molecule has 1 saturated heterocycles. The minimum absolute atomic E-state index is 0.0234. The van der Waals surface area contributed by atoms with E-state index in [9.17, 15) is 9.59 Å². The van der Waals surface area contributed by atoms with Gasteiger partial charge >= 0.3 is 5.97 Å². The molecular formula is C11H18BrNO3S. The predicted octanol–water partition coefficient (Wildman–Crippen LogP) is 1.57. The first-order valence-corrected chi connectivity index (χ1v) is 7.77. The number of thioether (sulfide) groups is 1. The van der Waals surface area contributed by atoms with Crippen LogP contribution in [0, 0.1) is 5.92 Å². The zero-order valence-corrected chi connectivity index (χ0v) is 12.3. The maximum absolute atomic E-state index is 11.6. The lowest BCUT2D eigenvalue weighted by atomic mass is 9.98. The molecule has 98 valence electrons. The van der Waals surface area contributed by atoms with Crippen molar-refractivity contribution in [3.63, 3.8) is 0 Å². The van der Waals surface area contributed by atoms with Crippen LogP contribution in [0.1, 0.15) is 19.3 Å². The second-order valence-electron chi connectivity index (χ2n) is 4.05. The van der Waals surface area contributed by atoms with E-state index in [1.165, 1.54) is 7.11 Å². The summed E-state index contributed by atoms with van der Waals surface area (Å²) in [5.74, 6) is 2.47. The summed E-state index contributed by atoms with van der Waals surface area (Å²) < 4.78 is 4.55. The van der Waals surface area contributed by atoms with E-state index in [0.717, 1.165) is 24.3 Å². The number of halogens is 1. The summed E-state index contributed by atoms with van der Waals surface area (Å²) in [6.07, 6.45) is 2.81. The molecule has 17 heavy (non-hydrogen) atoms. The van der Waals surface area contributed by atoms with Crippen molar-refractivity contribution >= 4 is 39.6 Å². The molecule has 0 bridgehead atoms. The van der Waals surface area contributed by atoms with Gasteiger partial charge in [0.05, 0.1) is 7.11 Å². The Morgan fingerprint density at radius 2 is 2.12 bits per heavy atom. The highest BCUT2D eigenvalue weighted by molar-refractivity contribution is 9.10. The van der Waals surface area contributed by atoms with Crippen LogP contribution >= 0.6 is 27.7 Å². The smallest absolute Gasteiger partial charge is 0.321 e. The van der Waals surface area contributed by atoms with Crippen molar-refractivity contribution in [3.05, 3.63) is 0 Å². The molecule has 0 spiro atoms. The van der Waals surface area contributed by atoms with Gasteiger partial charge in [-0.15, -0.1) is 0 Å². The van der Waals surface area contributed by atoms with Crippen LogP contribution in [0.3, 0.4) is 0 Å². The number of nitrogens with one attached hydrogen (secondary N) is 1. The summed E-state index contributed by atoms with van der Waals surface area (Å²) in [5, 5.41) is 2.75. The van der Waals surface area contributed by atoms with E-state index < -0.39 is 4.83 Å². The molecule has 4 nitrogen and oxygen atoms in total. The third-order valence-corrected chi connectivity index (χ3v) is 4.50. The Kier molecular flexibility index (Phi) is 6.96. The van der Waals surface area contributed by atoms with Crippen molar-refractivity contribution in [2.45, 2.75) is 24.1 Å². The van der Waals surface area contributed by atoms with Crippen LogP contribution in [-0.2, 0) is 14.3 Å². The molecule has 0 aliphatic carbocycles. The van der Waals surface area contributed by atoms with Gasteiger partial charge in [-0.2, -0.15) is 11.8 Å². The number of ether oxygens (including phenoxy) is 1. The third-order valence-electron chi connectivity index (χ3n) is 2.75. The number of hydrogen-bond donors (Lipinski definition) is 1. The normalized spacial score (nSPS) is 18.5. The van der Waals surface area contributed by atoms with E-state index in [1.54, 1.807) is 0 Å². The minimum atomic E-state index is -0.460. The van der Waals surface area contributed by atoms with Gasteiger partial charge in [-0.25, -0.2) is 0 Å². The fourth-order valence-electron chi connectivity index (χ4n) is 1.70. The molecule has 1 N–H and O–H groups in total. The number of methoxy groups -OCH3 is 1. The molecule has 0 aromatic carbocycles. The predicted molar refractivity (Wildman–Crippen MR) is 72.4 cm³/mol. The number of carbonyl (C=O) groups is 2. The van der Waals surface area contributed by atoms with Crippen LogP contribution < -0.4 is 5.32 Å². The minimum Gasteiger partial charge on any atom is -0.468 e. The van der Waals surface area contributed by atoms with E-state index in [1.807, 2.05) is 11.8 Å². The Balaban J connectivity index is 2.18. The molecule has 1 unspecified atom stereocenters. The van der Waals surface area contributed by atoms with Gasteiger partial charge in [-0.3, -0.25) is 9.59 Å². The molecule has 0 aromatic rings. The van der Waals surface area contributed by atoms with Gasteiger partial charge in [-0.05, 0) is 30.3 Å². The Labute approximate surface area is 114 Å². The van der Waals surface area contributed by atoms with Crippen molar-refractivity contribution in [3.8, 4) is 0 Å². The average Bonchev–Trinajstić information content (AvgIpc) is 2.36. The van der Waals surface area contributed by atoms with Gasteiger partial charge < -0.3 is 10.1 Å². The van der Waals surface area contributed by atoms with Crippen LogP contribution in [0.5, 0.6) is 0 Å². The summed E-state index contributed by atoms with van der Waals surface area (Å²) in [5.41, 5.74) is 0. The maximum atomic E-state index is 11.6. The van der Waals surface area contributed by atoms with Crippen molar-refractivity contribution in [2.24, 2.45) is 5.92 Å². The van der Waals surface area contributed by atoms with Crippen LogP contribution in [0.25, 0.3) is 0 Å². The van der Waals surface area contributed by atoms with E-state index in [0.29, 0.717) is 12.3 Å². The first-order chi connectivity index (χ1) is 8.13. The largest absolute Gasteiger partial charge is 0.468 e. The Morgan fingerprint density at radius 3 is 2.71 bits per heavy atom. The molecule has 1 fully saturated rings. The van der Waals surface area contributed by atoms with E-state index in [2.05, 4.69) is 26.0 Å². The van der Waals surface area contributed by atoms with Crippen LogP contribution in [0.15, 0.2) is 0 Å². The van der Waals surface area contributed by atoms with Crippen molar-refractivity contribution in [1.82, 2.24) is 5.32 Å². The fourth-order valence-corrected chi connectivity index (χ4v) is 3.25. The molecule has 0 saturated carbocycles. The number of alkyl halides is 1. The van der Waals surface area contributed by atoms with Gasteiger partial charge in [0, 0.05) is 13.0 Å². The zero-order chi connectivity index (χ0) is 12.7. The molecule has 0 radical (unpaired) electrons. The standard InChI is InChI=1S/C11H18BrNO3S/c1-16-11(15)9(12)7-13-10(14)6-8-2-4-17-5-3-8/h8-9H,2-7H2,1H3,(H,13,14). The van der Waals surface area contributed by atoms with Gasteiger partial charge in [0.15, 0.2) is 0 Å². The van der Waals surface area contributed by atoms with Crippen molar-refractivity contribution < 1.29 is 14.3 Å². The fraction of sp³-hybridized carbons (Fsp3) is 0.818. The second-order valence-corrected chi connectivity index (χ2v) is 6.38. The van der Waals surface area contributed by atoms with Gasteiger partial charge in [0.2, 0.25) is 5.91 Å². The summed E-state index contributed by atoms with van der Waals surface area (Å²) in [7, 11) is 1.33. The second kappa shape index (κ2) is 7.97. The summed E-state index contributed by atoms with van der Waals surface area (Å²) >= 11 is 5.12. The van der Waals surface area contributed by atoms with Gasteiger partial charge in [0.25, 0.3) is 0 Å². The number of amides is 1. The summed E-state index contributed by atoms with van der Waals surface area (Å²) in [6, 6.07) is 0. The Morgan fingerprint density at radius 1 is 1.47 bits per heavy atom. The van der Waals surface area contributed by atoms with E-state index >= 15 is 0 Å². The third kappa shape index (κ3) is 5.77. The lowest BCUT2D eigenvalue weighted by Gasteiger charge is -2.20. The van der Waals surface area contributed by atoms with E-state index in [-0.39, 0.29) is 18.4 Å². The van der Waals surface area contributed by atoms with Crippen LogP contribution in [0.2, 0.25) is 0 Å². The van der Waals surface area contributed by atoms with Gasteiger partial charge in [0.1, 0.15) is 4.83 Å². The topological polar surface area (TPSA) is 55.4 Å². The monoisotopic (exact) mass is 323 g/mol.